The molecule has 0 saturated carbocycles. The highest BCUT2D eigenvalue weighted by atomic mass is 16.5. The molecule has 2 amide bonds. The van der Waals surface area contributed by atoms with E-state index in [1.165, 1.54) is 17.1 Å². The molecular weight excluding hydrogens is 336 g/mol. The molecule has 0 bridgehead atoms. The molecular formula is C19H20N2O5. The Morgan fingerprint density at radius 3 is 2.38 bits per heavy atom. The quantitative estimate of drug-likeness (QED) is 0.634. The Labute approximate surface area is 151 Å². The number of carbonyl (C=O) groups is 3. The fourth-order valence-corrected chi connectivity index (χ4v) is 2.03. The Morgan fingerprint density at radius 1 is 1.12 bits per heavy atom. The van der Waals surface area contributed by atoms with Crippen molar-refractivity contribution in [3.05, 3.63) is 59.6 Å². The first-order chi connectivity index (χ1) is 12.3. The second kappa shape index (κ2) is 8.66. The number of esters is 1. The van der Waals surface area contributed by atoms with Crippen molar-refractivity contribution < 1.29 is 23.5 Å². The van der Waals surface area contributed by atoms with E-state index in [4.69, 9.17) is 9.15 Å². The average Bonchev–Trinajstić information content (AvgIpc) is 3.03. The van der Waals surface area contributed by atoms with Gasteiger partial charge in [0.15, 0.2) is 6.61 Å². The number of aryl methyl sites for hydroxylation is 1. The molecule has 7 nitrogen and oxygen atoms in total. The molecule has 0 aliphatic rings. The van der Waals surface area contributed by atoms with E-state index in [0.29, 0.717) is 17.0 Å². The molecule has 1 N–H and O–H groups in total. The van der Waals surface area contributed by atoms with Gasteiger partial charge < -0.3 is 19.4 Å². The third-order valence-electron chi connectivity index (χ3n) is 3.31. The zero-order valence-electron chi connectivity index (χ0n) is 14.8. The summed E-state index contributed by atoms with van der Waals surface area (Å²) in [6.45, 7) is 1.38. The first-order valence-electron chi connectivity index (χ1n) is 7.88. The first-order valence-corrected chi connectivity index (χ1v) is 7.88. The lowest BCUT2D eigenvalue weighted by atomic mass is 10.2. The van der Waals surface area contributed by atoms with E-state index in [1.807, 2.05) is 0 Å². The van der Waals surface area contributed by atoms with Crippen LogP contribution in [0.25, 0.3) is 6.08 Å². The molecule has 0 aliphatic carbocycles. The van der Waals surface area contributed by atoms with Gasteiger partial charge in [0.2, 0.25) is 0 Å². The number of nitrogens with zero attached hydrogens (tertiary/aromatic N) is 1. The lowest BCUT2D eigenvalue weighted by Crippen LogP contribution is -2.22. The van der Waals surface area contributed by atoms with Crippen molar-refractivity contribution in [3.63, 3.8) is 0 Å². The van der Waals surface area contributed by atoms with E-state index < -0.39 is 18.5 Å². The number of rotatable bonds is 6. The summed E-state index contributed by atoms with van der Waals surface area (Å²) in [7, 11) is 3.32. The van der Waals surface area contributed by atoms with Gasteiger partial charge in [-0.1, -0.05) is 0 Å². The van der Waals surface area contributed by atoms with Crippen molar-refractivity contribution in [1.29, 1.82) is 0 Å². The highest BCUT2D eigenvalue weighted by Gasteiger charge is 2.09. The minimum atomic E-state index is -0.652. The van der Waals surface area contributed by atoms with E-state index in [9.17, 15) is 14.4 Å². The third kappa shape index (κ3) is 5.62. The molecule has 0 aliphatic heterocycles. The molecule has 0 unspecified atom stereocenters. The summed E-state index contributed by atoms with van der Waals surface area (Å²) < 4.78 is 10.1. The van der Waals surface area contributed by atoms with Crippen LogP contribution in [0.2, 0.25) is 0 Å². The van der Waals surface area contributed by atoms with E-state index in [-0.39, 0.29) is 5.91 Å². The van der Waals surface area contributed by atoms with Crippen molar-refractivity contribution >= 4 is 29.5 Å². The Balaban J connectivity index is 1.80. The van der Waals surface area contributed by atoms with Crippen LogP contribution in [0.15, 0.2) is 46.9 Å². The van der Waals surface area contributed by atoms with Gasteiger partial charge in [-0.3, -0.25) is 9.59 Å². The number of anilines is 1. The largest absolute Gasteiger partial charge is 0.462 e. The van der Waals surface area contributed by atoms with E-state index in [0.717, 1.165) is 5.76 Å². The monoisotopic (exact) mass is 356 g/mol. The average molecular weight is 356 g/mol. The topological polar surface area (TPSA) is 88.8 Å². The van der Waals surface area contributed by atoms with Gasteiger partial charge in [-0.15, -0.1) is 0 Å². The molecule has 0 fully saturated rings. The molecule has 26 heavy (non-hydrogen) atoms. The fraction of sp³-hybridized carbons (Fsp3) is 0.211. The van der Waals surface area contributed by atoms with Gasteiger partial charge in [0, 0.05) is 31.4 Å². The van der Waals surface area contributed by atoms with Crippen molar-refractivity contribution in [2.45, 2.75) is 6.92 Å². The summed E-state index contributed by atoms with van der Waals surface area (Å²) in [5, 5.41) is 2.59. The third-order valence-corrected chi connectivity index (χ3v) is 3.31. The van der Waals surface area contributed by atoms with Crippen LogP contribution in [0.4, 0.5) is 5.69 Å². The summed E-state index contributed by atoms with van der Waals surface area (Å²) in [5.74, 6) is -0.00397. The number of ether oxygens (including phenoxy) is 1. The number of amides is 2. The van der Waals surface area contributed by atoms with Gasteiger partial charge in [-0.2, -0.15) is 0 Å². The van der Waals surface area contributed by atoms with Gasteiger partial charge in [0.1, 0.15) is 11.5 Å². The maximum atomic E-state index is 11.8. The molecule has 2 aromatic rings. The number of carbonyl (C=O) groups excluding carboxylic acids is 3. The Kier molecular flexibility index (Phi) is 6.32. The lowest BCUT2D eigenvalue weighted by Gasteiger charge is -2.11. The maximum absolute atomic E-state index is 11.8. The zero-order chi connectivity index (χ0) is 19.1. The van der Waals surface area contributed by atoms with Gasteiger partial charge in [-0.05, 0) is 49.4 Å². The van der Waals surface area contributed by atoms with E-state index in [1.54, 1.807) is 57.4 Å². The normalized spacial score (nSPS) is 10.6. The predicted molar refractivity (Wildman–Crippen MR) is 96.5 cm³/mol. The zero-order valence-corrected chi connectivity index (χ0v) is 14.8. The Hall–Kier alpha value is -3.35. The van der Waals surface area contributed by atoms with E-state index in [2.05, 4.69) is 5.32 Å². The molecule has 7 heteroatoms. The summed E-state index contributed by atoms with van der Waals surface area (Å²) in [5.41, 5.74) is 1.01. The molecule has 0 radical (unpaired) electrons. The van der Waals surface area contributed by atoms with Crippen LogP contribution in [0.1, 0.15) is 21.9 Å². The molecule has 0 spiro atoms. The second-order valence-electron chi connectivity index (χ2n) is 5.71. The number of hydrogen-bond acceptors (Lipinski definition) is 5. The van der Waals surface area contributed by atoms with Gasteiger partial charge in [0.25, 0.3) is 11.8 Å². The minimum absolute atomic E-state index is 0.129. The van der Waals surface area contributed by atoms with Crippen molar-refractivity contribution in [2.75, 3.05) is 26.0 Å². The fourth-order valence-electron chi connectivity index (χ4n) is 2.03. The highest BCUT2D eigenvalue weighted by Crippen LogP contribution is 2.11. The van der Waals surface area contributed by atoms with Crippen molar-refractivity contribution in [1.82, 2.24) is 4.90 Å². The molecule has 136 valence electrons. The van der Waals surface area contributed by atoms with Crippen LogP contribution in [-0.2, 0) is 14.3 Å². The second-order valence-corrected chi connectivity index (χ2v) is 5.71. The van der Waals surface area contributed by atoms with E-state index >= 15 is 0 Å². The molecule has 2 rings (SSSR count). The summed E-state index contributed by atoms with van der Waals surface area (Å²) in [6, 6.07) is 9.92. The predicted octanol–water partition coefficient (Wildman–Crippen LogP) is 2.48. The molecule has 1 aromatic heterocycles. The SMILES string of the molecule is Cc1ccc(/C=C/C(=O)OCC(=O)Nc2ccc(C(=O)N(C)C)cc2)o1. The summed E-state index contributed by atoms with van der Waals surface area (Å²) in [4.78, 5) is 36.7. The maximum Gasteiger partial charge on any atom is 0.331 e. The lowest BCUT2D eigenvalue weighted by molar-refractivity contribution is -0.142. The number of hydrogen-bond donors (Lipinski definition) is 1. The Bertz CT molecular complexity index is 819. The highest BCUT2D eigenvalue weighted by molar-refractivity contribution is 5.96. The molecule has 1 aromatic carbocycles. The van der Waals surface area contributed by atoms with Gasteiger partial charge in [0.05, 0.1) is 0 Å². The van der Waals surface area contributed by atoms with Crippen LogP contribution in [0, 0.1) is 6.92 Å². The van der Waals surface area contributed by atoms with Gasteiger partial charge >= 0.3 is 5.97 Å². The number of furan rings is 1. The first kappa shape index (κ1) is 19.0. The number of benzene rings is 1. The van der Waals surface area contributed by atoms with Crippen molar-refractivity contribution in [2.24, 2.45) is 0 Å². The minimum Gasteiger partial charge on any atom is -0.462 e. The Morgan fingerprint density at radius 2 is 1.81 bits per heavy atom. The van der Waals surface area contributed by atoms with Crippen LogP contribution < -0.4 is 5.32 Å². The standard InChI is InChI=1S/C19H20N2O5/c1-13-4-9-16(26-13)10-11-18(23)25-12-17(22)20-15-7-5-14(6-8-15)19(24)21(2)3/h4-11H,12H2,1-3H3,(H,20,22)/b11-10+. The molecule has 0 atom stereocenters. The van der Waals surface area contributed by atoms with Crippen molar-refractivity contribution in [3.8, 4) is 0 Å². The number of nitrogens with one attached hydrogen (secondary N) is 1. The van der Waals surface area contributed by atoms with Crippen LogP contribution in [0.3, 0.4) is 0 Å². The van der Waals surface area contributed by atoms with Crippen LogP contribution in [-0.4, -0.2) is 43.4 Å². The summed E-state index contributed by atoms with van der Waals surface area (Å²) in [6.07, 6.45) is 2.65. The molecule has 1 heterocycles. The van der Waals surface area contributed by atoms with Gasteiger partial charge in [-0.25, -0.2) is 4.79 Å². The summed E-state index contributed by atoms with van der Waals surface area (Å²) >= 11 is 0. The van der Waals surface area contributed by atoms with Crippen LogP contribution in [0.5, 0.6) is 0 Å². The van der Waals surface area contributed by atoms with Crippen LogP contribution >= 0.6 is 0 Å². The smallest absolute Gasteiger partial charge is 0.331 e. The molecule has 0 saturated heterocycles.